The largest absolute Gasteiger partial charge is 0.478 e. The number of hydrogen-bond acceptors (Lipinski definition) is 5. The monoisotopic (exact) mass is 604 g/mol. The number of carbonyl (C=O) groups excluding carboxylic acids is 1. The van der Waals surface area contributed by atoms with Crippen molar-refractivity contribution in [2.45, 2.75) is 52.0 Å². The molecule has 2 heterocycles. The van der Waals surface area contributed by atoms with E-state index in [1.807, 2.05) is 34.9 Å². The summed E-state index contributed by atoms with van der Waals surface area (Å²) in [6.45, 7) is 6.53. The van der Waals surface area contributed by atoms with E-state index in [-0.39, 0.29) is 30.6 Å². The Balaban J connectivity index is 1.46. The molecule has 3 aromatic carbocycles. The number of rotatable bonds is 9. The van der Waals surface area contributed by atoms with E-state index in [4.69, 9.17) is 14.2 Å². The summed E-state index contributed by atoms with van der Waals surface area (Å²) in [4.78, 5) is 27.1. The molecule has 4 aromatic rings. The highest BCUT2D eigenvalue weighted by atomic mass is 19.1. The molecule has 0 spiro atoms. The quantitative estimate of drug-likeness (QED) is 0.210. The molecule has 1 aliphatic rings. The van der Waals surface area contributed by atoms with Crippen LogP contribution >= 0.6 is 0 Å². The number of carbonyl (C=O) groups is 2. The molecule has 1 atom stereocenters. The number of carboxylic acids is 1. The van der Waals surface area contributed by atoms with Crippen LogP contribution in [0, 0.1) is 11.6 Å². The summed E-state index contributed by atoms with van der Waals surface area (Å²) in [5.41, 5.74) is 1.85. The van der Waals surface area contributed by atoms with Gasteiger partial charge in [-0.3, -0.25) is 0 Å². The van der Waals surface area contributed by atoms with Gasteiger partial charge in [0.15, 0.2) is 17.4 Å². The normalized spacial score (nSPS) is 14.9. The van der Waals surface area contributed by atoms with E-state index < -0.39 is 35.0 Å². The molecule has 44 heavy (non-hydrogen) atoms. The molecule has 1 aromatic heterocycles. The van der Waals surface area contributed by atoms with Crippen molar-refractivity contribution >= 4 is 12.1 Å². The first kappa shape index (κ1) is 30.7. The molecule has 1 aliphatic heterocycles. The van der Waals surface area contributed by atoms with Gasteiger partial charge in [-0.15, -0.1) is 0 Å². The Morgan fingerprint density at radius 3 is 2.25 bits per heavy atom. The molecule has 0 aliphatic carbocycles. The van der Waals surface area contributed by atoms with Gasteiger partial charge in [-0.05, 0) is 62.6 Å². The van der Waals surface area contributed by atoms with Crippen molar-refractivity contribution in [3.8, 4) is 22.6 Å². The third-order valence-corrected chi connectivity index (χ3v) is 7.21. The molecule has 0 bridgehead atoms. The fourth-order valence-electron chi connectivity index (χ4n) is 5.20. The molecule has 0 saturated carbocycles. The van der Waals surface area contributed by atoms with E-state index in [2.05, 4.69) is 0 Å². The zero-order chi connectivity index (χ0) is 31.4. The van der Waals surface area contributed by atoms with Gasteiger partial charge in [-0.2, -0.15) is 0 Å². The van der Waals surface area contributed by atoms with Crippen LogP contribution in [0.15, 0.2) is 79.0 Å². The van der Waals surface area contributed by atoms with Gasteiger partial charge in [-0.1, -0.05) is 48.5 Å². The lowest BCUT2D eigenvalue weighted by Gasteiger charge is -2.24. The molecule has 0 radical (unpaired) electrons. The lowest BCUT2D eigenvalue weighted by atomic mass is 10.0. The summed E-state index contributed by atoms with van der Waals surface area (Å²) in [6, 6.07) is 19.1. The Hall–Kier alpha value is -4.70. The van der Waals surface area contributed by atoms with Crippen molar-refractivity contribution in [2.24, 2.45) is 0 Å². The molecule has 0 unspecified atom stereocenters. The Morgan fingerprint density at radius 1 is 0.932 bits per heavy atom. The summed E-state index contributed by atoms with van der Waals surface area (Å²) in [5, 5.41) is 10.4. The van der Waals surface area contributed by atoms with Crippen molar-refractivity contribution in [3.63, 3.8) is 0 Å². The number of carboxylic acid groups (broad SMARTS) is 1. The molecular formula is C34H34F2N2O6. The topological polar surface area (TPSA) is 90.2 Å². The van der Waals surface area contributed by atoms with Gasteiger partial charge in [0, 0.05) is 24.8 Å². The van der Waals surface area contributed by atoms with Crippen LogP contribution < -0.4 is 4.74 Å². The van der Waals surface area contributed by atoms with Crippen molar-refractivity contribution in [1.29, 1.82) is 0 Å². The van der Waals surface area contributed by atoms with E-state index in [9.17, 15) is 23.5 Å². The van der Waals surface area contributed by atoms with Gasteiger partial charge in [-0.25, -0.2) is 18.4 Å². The Labute approximate surface area is 254 Å². The average molecular weight is 605 g/mol. The molecule has 8 nitrogen and oxygen atoms in total. The maximum absolute atomic E-state index is 14.1. The molecule has 10 heteroatoms. The van der Waals surface area contributed by atoms with Crippen LogP contribution in [0.3, 0.4) is 0 Å². The van der Waals surface area contributed by atoms with Crippen LogP contribution in [-0.4, -0.2) is 45.3 Å². The number of aromatic carboxylic acids is 1. The second-order valence-corrected chi connectivity index (χ2v) is 11.6. The lowest BCUT2D eigenvalue weighted by Crippen LogP contribution is -2.35. The number of likely N-dealkylation sites (tertiary alicyclic amines) is 1. The zero-order valence-electron chi connectivity index (χ0n) is 24.8. The molecule has 230 valence electrons. The summed E-state index contributed by atoms with van der Waals surface area (Å²) < 4.78 is 47.1. The number of para-hydroxylation sites is 1. The van der Waals surface area contributed by atoms with E-state index >= 15 is 0 Å². The number of nitrogens with zero attached hydrogens (tertiary/aromatic N) is 2. The second kappa shape index (κ2) is 12.9. The molecule has 1 fully saturated rings. The lowest BCUT2D eigenvalue weighted by molar-refractivity contribution is 0.0288. The van der Waals surface area contributed by atoms with Crippen molar-refractivity contribution < 1.29 is 37.7 Å². The number of benzene rings is 3. The fourth-order valence-corrected chi connectivity index (χ4v) is 5.20. The third kappa shape index (κ3) is 7.08. The number of hydrogen-bond donors (Lipinski definition) is 1. The maximum atomic E-state index is 14.1. The Kier molecular flexibility index (Phi) is 9.01. The third-order valence-electron chi connectivity index (χ3n) is 7.21. The molecule has 1 N–H and O–H groups in total. The molecule has 5 rings (SSSR count). The summed E-state index contributed by atoms with van der Waals surface area (Å²) in [6.07, 6.45) is 1.94. The van der Waals surface area contributed by atoms with Gasteiger partial charge in [0.1, 0.15) is 11.4 Å². The number of halogens is 2. The highest BCUT2D eigenvalue weighted by molar-refractivity contribution is 5.97. The van der Waals surface area contributed by atoms with Crippen LogP contribution in [0.25, 0.3) is 11.1 Å². The summed E-state index contributed by atoms with van der Waals surface area (Å²) >= 11 is 0. The van der Waals surface area contributed by atoms with Crippen LogP contribution in [0.4, 0.5) is 13.6 Å². The first-order valence-corrected chi connectivity index (χ1v) is 14.3. The highest BCUT2D eigenvalue weighted by Crippen LogP contribution is 2.36. The fraction of sp³-hybridized carbons (Fsp3) is 0.294. The maximum Gasteiger partial charge on any atom is 0.410 e. The van der Waals surface area contributed by atoms with Gasteiger partial charge in [0.2, 0.25) is 0 Å². The first-order valence-electron chi connectivity index (χ1n) is 14.3. The minimum atomic E-state index is -1.13. The number of amides is 1. The van der Waals surface area contributed by atoms with Crippen molar-refractivity contribution in [3.05, 3.63) is 107 Å². The average Bonchev–Trinajstić information content (AvgIpc) is 3.61. The molecule has 1 amide bonds. The van der Waals surface area contributed by atoms with Crippen LogP contribution in [0.2, 0.25) is 0 Å². The van der Waals surface area contributed by atoms with Crippen LogP contribution in [0.5, 0.6) is 11.5 Å². The number of aromatic nitrogens is 1. The highest BCUT2D eigenvalue weighted by Gasteiger charge is 2.34. The van der Waals surface area contributed by atoms with Crippen LogP contribution in [-0.2, 0) is 22.7 Å². The van der Waals surface area contributed by atoms with Crippen molar-refractivity contribution in [1.82, 2.24) is 9.47 Å². The van der Waals surface area contributed by atoms with E-state index in [1.54, 1.807) is 44.0 Å². The van der Waals surface area contributed by atoms with Gasteiger partial charge >= 0.3 is 12.1 Å². The van der Waals surface area contributed by atoms with E-state index in [1.165, 1.54) is 18.2 Å². The second-order valence-electron chi connectivity index (χ2n) is 11.6. The van der Waals surface area contributed by atoms with Crippen molar-refractivity contribution in [2.75, 3.05) is 13.1 Å². The van der Waals surface area contributed by atoms with Crippen LogP contribution in [0.1, 0.15) is 54.8 Å². The van der Waals surface area contributed by atoms with Gasteiger partial charge in [0.25, 0.3) is 0 Å². The van der Waals surface area contributed by atoms with E-state index in [0.717, 1.165) is 17.7 Å². The molecular weight excluding hydrogens is 570 g/mol. The predicted octanol–water partition coefficient (Wildman–Crippen LogP) is 7.82. The Bertz CT molecular complexity index is 1610. The zero-order valence-corrected chi connectivity index (χ0v) is 24.8. The predicted molar refractivity (Wildman–Crippen MR) is 160 cm³/mol. The van der Waals surface area contributed by atoms with Gasteiger partial charge in [0.05, 0.1) is 30.5 Å². The van der Waals surface area contributed by atoms with Gasteiger partial charge < -0.3 is 28.8 Å². The minimum absolute atomic E-state index is 0.0211. The SMILES string of the molecule is CC(C)(C)OC(=O)N1CC[C@@H](n2cc(-c3ccc(Oc4c(F)cccc4F)cc3)c(C(=O)O)c2COCc2ccccc2)C1. The standard InChI is InChI=1S/C34H34F2N2O6/c1-34(2,3)44-33(41)37-17-16-24(18-37)38-19-26(30(32(39)40)29(38)21-42-20-22-8-5-4-6-9-22)23-12-14-25(15-13-23)43-31-27(35)10-7-11-28(31)36/h4-15,19,24H,16-18,20-21H2,1-3H3,(H,39,40)/t24-/m1/s1. The number of ether oxygens (including phenoxy) is 3. The first-order chi connectivity index (χ1) is 21.0. The minimum Gasteiger partial charge on any atom is -0.478 e. The van der Waals surface area contributed by atoms with E-state index in [0.29, 0.717) is 36.3 Å². The smallest absolute Gasteiger partial charge is 0.410 e. The summed E-state index contributed by atoms with van der Waals surface area (Å²) in [7, 11) is 0. The summed E-state index contributed by atoms with van der Waals surface area (Å²) in [5.74, 6) is -3.14. The molecule has 1 saturated heterocycles. The Morgan fingerprint density at radius 2 is 1.61 bits per heavy atom.